The van der Waals surface area contributed by atoms with Gasteiger partial charge >= 0.3 is 6.18 Å². The lowest BCUT2D eigenvalue weighted by Crippen LogP contribution is -2.36. The molecule has 3 aromatic rings. The van der Waals surface area contributed by atoms with Gasteiger partial charge in [-0.15, -0.1) is 0 Å². The highest BCUT2D eigenvalue weighted by Crippen LogP contribution is 2.36. The second-order valence-electron chi connectivity index (χ2n) is 7.75. The van der Waals surface area contributed by atoms with E-state index >= 15 is 0 Å². The fourth-order valence-corrected chi connectivity index (χ4v) is 3.73. The number of aromatic nitrogens is 2. The molecular weight excluding hydrogens is 471 g/mol. The minimum atomic E-state index is -4.53. The first-order valence-electron chi connectivity index (χ1n) is 10.3. The Morgan fingerprint density at radius 3 is 2.48 bits per heavy atom. The lowest BCUT2D eigenvalue weighted by Gasteiger charge is -2.27. The average Bonchev–Trinajstić information content (AvgIpc) is 3.26. The molecule has 176 valence electrons. The van der Waals surface area contributed by atoms with E-state index in [9.17, 15) is 13.2 Å². The quantitative estimate of drug-likeness (QED) is 0.393. The fourth-order valence-electron chi connectivity index (χ4n) is 3.30. The van der Waals surface area contributed by atoms with Crippen molar-refractivity contribution in [3.05, 3.63) is 77.3 Å². The minimum absolute atomic E-state index is 0.164. The summed E-state index contributed by atoms with van der Waals surface area (Å²) < 4.78 is 42.4. The molecule has 1 heterocycles. The molecule has 0 amide bonds. The fraction of sp³-hybridized carbons (Fsp3) is 0.304. The number of alkyl halides is 3. The molecule has 0 atom stereocenters. The number of rotatable bonds is 8. The van der Waals surface area contributed by atoms with Gasteiger partial charge in [-0.2, -0.15) is 13.2 Å². The molecule has 0 saturated heterocycles. The lowest BCUT2D eigenvalue weighted by atomic mass is 10.1. The normalized spacial score (nSPS) is 11.3. The Labute approximate surface area is 201 Å². The average molecular weight is 496 g/mol. The van der Waals surface area contributed by atoms with Gasteiger partial charge in [0, 0.05) is 56.8 Å². The molecule has 0 aliphatic rings. The van der Waals surface area contributed by atoms with Crippen LogP contribution in [0.3, 0.4) is 0 Å². The zero-order chi connectivity index (χ0) is 24.0. The summed E-state index contributed by atoms with van der Waals surface area (Å²) in [4.78, 5) is 7.89. The summed E-state index contributed by atoms with van der Waals surface area (Å²) in [5, 5.41) is 3.17. The number of thiocarbonyl (C=S) groups is 1. The number of imidazole rings is 1. The molecule has 33 heavy (non-hydrogen) atoms. The summed E-state index contributed by atoms with van der Waals surface area (Å²) in [6.07, 6.45) is 1.49. The predicted octanol–water partition coefficient (Wildman–Crippen LogP) is 5.91. The van der Waals surface area contributed by atoms with E-state index in [4.69, 9.17) is 23.8 Å². The van der Waals surface area contributed by atoms with Crippen LogP contribution in [0.15, 0.2) is 61.2 Å². The van der Waals surface area contributed by atoms with Crippen LogP contribution in [-0.2, 0) is 19.3 Å². The molecule has 0 aliphatic heterocycles. The zero-order valence-electron chi connectivity index (χ0n) is 18.3. The van der Waals surface area contributed by atoms with Gasteiger partial charge < -0.3 is 19.7 Å². The van der Waals surface area contributed by atoms with Gasteiger partial charge in [0.2, 0.25) is 0 Å². The van der Waals surface area contributed by atoms with Gasteiger partial charge in [-0.1, -0.05) is 23.7 Å². The third-order valence-electron chi connectivity index (χ3n) is 5.05. The van der Waals surface area contributed by atoms with Crippen LogP contribution in [0.1, 0.15) is 17.5 Å². The van der Waals surface area contributed by atoms with Crippen molar-refractivity contribution in [3.8, 4) is 0 Å². The molecule has 10 heteroatoms. The lowest BCUT2D eigenvalue weighted by molar-refractivity contribution is -0.136. The summed E-state index contributed by atoms with van der Waals surface area (Å²) in [5.41, 5.74) is 1.07. The second-order valence-corrected chi connectivity index (χ2v) is 8.58. The van der Waals surface area contributed by atoms with Crippen LogP contribution in [0.25, 0.3) is 0 Å². The van der Waals surface area contributed by atoms with Crippen molar-refractivity contribution in [2.24, 2.45) is 0 Å². The Bertz CT molecular complexity index is 1050. The molecule has 0 aliphatic carbocycles. The van der Waals surface area contributed by atoms with Gasteiger partial charge in [0.1, 0.15) is 0 Å². The Kier molecular flexibility index (Phi) is 8.20. The molecule has 1 aromatic heterocycles. The van der Waals surface area contributed by atoms with Crippen molar-refractivity contribution in [2.45, 2.75) is 25.7 Å². The van der Waals surface area contributed by atoms with E-state index < -0.39 is 11.7 Å². The summed E-state index contributed by atoms with van der Waals surface area (Å²) in [6, 6.07) is 11.4. The first-order chi connectivity index (χ1) is 15.6. The highest BCUT2D eigenvalue weighted by molar-refractivity contribution is 7.80. The van der Waals surface area contributed by atoms with Crippen LogP contribution in [-0.4, -0.2) is 40.2 Å². The molecular formula is C23H25ClF3N5S. The first-order valence-corrected chi connectivity index (χ1v) is 11.1. The number of nitrogens with one attached hydrogen (secondary N) is 1. The summed E-state index contributed by atoms with van der Waals surface area (Å²) in [6.45, 7) is 1.70. The smallest absolute Gasteiger partial charge is 0.378 e. The highest BCUT2D eigenvalue weighted by atomic mass is 35.5. The van der Waals surface area contributed by atoms with Gasteiger partial charge in [-0.3, -0.25) is 0 Å². The van der Waals surface area contributed by atoms with Crippen LogP contribution in [0.5, 0.6) is 0 Å². The molecule has 0 spiro atoms. The molecule has 0 fully saturated rings. The number of hydrogen-bond acceptors (Lipinski definition) is 3. The second kappa shape index (κ2) is 10.9. The van der Waals surface area contributed by atoms with Crippen molar-refractivity contribution < 1.29 is 13.2 Å². The zero-order valence-corrected chi connectivity index (χ0v) is 19.9. The van der Waals surface area contributed by atoms with Gasteiger partial charge in [0.25, 0.3) is 0 Å². The number of halogens is 4. The summed E-state index contributed by atoms with van der Waals surface area (Å²) in [5.74, 6) is 0. The van der Waals surface area contributed by atoms with Crippen LogP contribution >= 0.6 is 23.8 Å². The van der Waals surface area contributed by atoms with E-state index in [1.54, 1.807) is 12.5 Å². The molecule has 0 saturated carbocycles. The molecule has 0 radical (unpaired) electrons. The Balaban J connectivity index is 1.78. The van der Waals surface area contributed by atoms with Gasteiger partial charge in [-0.25, -0.2) is 4.98 Å². The highest BCUT2D eigenvalue weighted by Gasteiger charge is 2.34. The Morgan fingerprint density at radius 2 is 1.88 bits per heavy atom. The van der Waals surface area contributed by atoms with E-state index in [0.717, 1.165) is 23.7 Å². The molecule has 2 aromatic carbocycles. The van der Waals surface area contributed by atoms with Crippen LogP contribution in [0, 0.1) is 0 Å². The number of benzene rings is 2. The number of anilines is 2. The minimum Gasteiger partial charge on any atom is -0.378 e. The predicted molar refractivity (Wildman–Crippen MR) is 131 cm³/mol. The van der Waals surface area contributed by atoms with Crippen molar-refractivity contribution in [2.75, 3.05) is 30.9 Å². The monoisotopic (exact) mass is 495 g/mol. The van der Waals surface area contributed by atoms with Gasteiger partial charge in [-0.05, 0) is 54.5 Å². The maximum atomic E-state index is 13.5. The van der Waals surface area contributed by atoms with Crippen molar-refractivity contribution >= 4 is 40.3 Å². The molecule has 3 rings (SSSR count). The first kappa shape index (κ1) is 24.9. The van der Waals surface area contributed by atoms with E-state index in [0.29, 0.717) is 19.6 Å². The maximum Gasteiger partial charge on any atom is 0.418 e. The maximum absolute atomic E-state index is 13.5. The number of nitrogens with zero attached hydrogens (tertiary/aromatic N) is 4. The third kappa shape index (κ3) is 7.10. The molecule has 5 nitrogen and oxygen atoms in total. The Hall–Kier alpha value is -2.78. The molecule has 0 unspecified atom stereocenters. The molecule has 1 N–H and O–H groups in total. The van der Waals surface area contributed by atoms with E-state index in [1.165, 1.54) is 12.1 Å². The topological polar surface area (TPSA) is 36.3 Å². The number of hydrogen-bond donors (Lipinski definition) is 1. The van der Waals surface area contributed by atoms with Gasteiger partial charge in [0.05, 0.1) is 17.6 Å². The SMILES string of the molecule is CN(C)c1ccc(CN(CCCn2ccnc2)C(=S)Nc2cc(Cl)ccc2C(F)(F)F)cc1. The largest absolute Gasteiger partial charge is 0.418 e. The number of aryl methyl sites for hydroxylation is 1. The molecule has 0 bridgehead atoms. The van der Waals surface area contributed by atoms with Crippen LogP contribution in [0.4, 0.5) is 24.5 Å². The van der Waals surface area contributed by atoms with Gasteiger partial charge in [0.15, 0.2) is 5.11 Å². The van der Waals surface area contributed by atoms with E-state index in [2.05, 4.69) is 10.3 Å². The third-order valence-corrected chi connectivity index (χ3v) is 5.64. The van der Waals surface area contributed by atoms with E-state index in [-0.39, 0.29) is 15.8 Å². The van der Waals surface area contributed by atoms with Crippen molar-refractivity contribution in [1.82, 2.24) is 14.5 Å². The Morgan fingerprint density at radius 1 is 1.15 bits per heavy atom. The van der Waals surface area contributed by atoms with Crippen molar-refractivity contribution in [3.63, 3.8) is 0 Å². The van der Waals surface area contributed by atoms with E-state index in [1.807, 2.05) is 58.9 Å². The van der Waals surface area contributed by atoms with Crippen molar-refractivity contribution in [1.29, 1.82) is 0 Å². The standard InChI is InChI=1S/C23H25ClF3N5S/c1-30(2)19-7-4-17(5-8-19)15-32(12-3-11-31-13-10-28-16-31)22(33)29-21-14-18(24)6-9-20(21)23(25,26)27/h4-10,13-14,16H,3,11-12,15H2,1-2H3,(H,29,33). The van der Waals surface area contributed by atoms with Crippen LogP contribution in [0.2, 0.25) is 5.02 Å². The van der Waals surface area contributed by atoms with Crippen LogP contribution < -0.4 is 10.2 Å². The summed E-state index contributed by atoms with van der Waals surface area (Å²) >= 11 is 11.5. The summed E-state index contributed by atoms with van der Waals surface area (Å²) in [7, 11) is 3.92.